The maximum atomic E-state index is 6.15. The monoisotopic (exact) mass is 323 g/mol. The summed E-state index contributed by atoms with van der Waals surface area (Å²) in [6.07, 6.45) is 1.39. The smallest absolute Gasteiger partial charge is 0.119 e. The average molecular weight is 324 g/mol. The summed E-state index contributed by atoms with van der Waals surface area (Å²) >= 11 is 12.3. The molecule has 112 valence electrons. The molecular weight excluding hydrogens is 305 g/mol. The van der Waals surface area contributed by atoms with Crippen molar-refractivity contribution in [2.24, 2.45) is 5.73 Å². The van der Waals surface area contributed by atoms with Gasteiger partial charge in [0.05, 0.1) is 6.61 Å². The maximum absolute atomic E-state index is 6.15. The molecule has 0 aliphatic heterocycles. The highest BCUT2D eigenvalue weighted by Crippen LogP contribution is 2.25. The molecule has 1 atom stereocenters. The van der Waals surface area contributed by atoms with Crippen LogP contribution in [-0.4, -0.2) is 12.6 Å². The molecule has 4 heteroatoms. The third-order valence-electron chi connectivity index (χ3n) is 3.27. The Balaban J connectivity index is 1.84. The van der Waals surface area contributed by atoms with Gasteiger partial charge in [-0.2, -0.15) is 0 Å². The van der Waals surface area contributed by atoms with Crippen LogP contribution >= 0.6 is 23.2 Å². The molecule has 2 rings (SSSR count). The summed E-state index contributed by atoms with van der Waals surface area (Å²) < 4.78 is 5.71. The third kappa shape index (κ3) is 4.92. The minimum atomic E-state index is -0.0350. The number of ether oxygens (including phenoxy) is 1. The van der Waals surface area contributed by atoms with Crippen LogP contribution in [0.25, 0.3) is 0 Å². The fourth-order valence-electron chi connectivity index (χ4n) is 2.12. The second kappa shape index (κ2) is 7.69. The zero-order valence-corrected chi connectivity index (χ0v) is 13.5. The van der Waals surface area contributed by atoms with Gasteiger partial charge in [0.25, 0.3) is 0 Å². The third-order valence-corrected chi connectivity index (χ3v) is 3.98. The van der Waals surface area contributed by atoms with E-state index in [9.17, 15) is 0 Å². The van der Waals surface area contributed by atoms with Crippen LogP contribution in [-0.2, 0) is 6.42 Å². The van der Waals surface area contributed by atoms with Crippen molar-refractivity contribution in [3.8, 4) is 5.75 Å². The Morgan fingerprint density at radius 1 is 1.10 bits per heavy atom. The Morgan fingerprint density at radius 2 is 1.76 bits per heavy atom. The molecule has 2 aromatic carbocycles. The van der Waals surface area contributed by atoms with Crippen molar-refractivity contribution in [3.63, 3.8) is 0 Å². The van der Waals surface area contributed by atoms with Crippen LogP contribution in [0, 0.1) is 6.92 Å². The van der Waals surface area contributed by atoms with E-state index in [0.717, 1.165) is 17.7 Å². The molecule has 0 saturated carbocycles. The van der Waals surface area contributed by atoms with Gasteiger partial charge in [0.15, 0.2) is 0 Å². The molecule has 0 aromatic heterocycles. The van der Waals surface area contributed by atoms with Gasteiger partial charge in [-0.1, -0.05) is 41.4 Å². The molecule has 0 aliphatic carbocycles. The van der Waals surface area contributed by atoms with E-state index in [1.165, 1.54) is 5.56 Å². The molecule has 0 saturated heterocycles. The summed E-state index contributed by atoms with van der Waals surface area (Å²) in [5.41, 5.74) is 8.23. The first-order valence-electron chi connectivity index (χ1n) is 6.94. The normalized spacial score (nSPS) is 12.2. The van der Waals surface area contributed by atoms with Crippen molar-refractivity contribution in [2.75, 3.05) is 6.61 Å². The number of rotatable bonds is 6. The molecule has 0 heterocycles. The average Bonchev–Trinajstić information content (AvgIpc) is 2.43. The molecule has 1 unspecified atom stereocenters. The van der Waals surface area contributed by atoms with Gasteiger partial charge in [0.1, 0.15) is 5.75 Å². The summed E-state index contributed by atoms with van der Waals surface area (Å²) in [4.78, 5) is 0. The van der Waals surface area contributed by atoms with Gasteiger partial charge in [0.2, 0.25) is 0 Å². The second-order valence-corrected chi connectivity index (χ2v) is 5.93. The van der Waals surface area contributed by atoms with Crippen LogP contribution in [0.5, 0.6) is 5.75 Å². The summed E-state index contributed by atoms with van der Waals surface area (Å²) in [6.45, 7) is 2.62. The van der Waals surface area contributed by atoms with E-state index in [0.29, 0.717) is 23.1 Å². The van der Waals surface area contributed by atoms with E-state index < -0.39 is 0 Å². The van der Waals surface area contributed by atoms with Crippen LogP contribution in [0.15, 0.2) is 42.5 Å². The molecule has 2 aromatic rings. The number of hydrogen-bond acceptors (Lipinski definition) is 2. The molecule has 0 aliphatic rings. The second-order valence-electron chi connectivity index (χ2n) is 5.12. The molecule has 0 spiro atoms. The van der Waals surface area contributed by atoms with Crippen molar-refractivity contribution in [1.29, 1.82) is 0 Å². The maximum Gasteiger partial charge on any atom is 0.119 e. The Kier molecular flexibility index (Phi) is 5.92. The van der Waals surface area contributed by atoms with Gasteiger partial charge in [-0.3, -0.25) is 0 Å². The largest absolute Gasteiger partial charge is 0.494 e. The molecular formula is C17H19Cl2NO. The van der Waals surface area contributed by atoms with Crippen molar-refractivity contribution < 1.29 is 4.74 Å². The number of nitrogens with two attached hydrogens (primary N) is 1. The molecule has 21 heavy (non-hydrogen) atoms. The Bertz CT molecular complexity index is 581. The lowest BCUT2D eigenvalue weighted by atomic mass is 10.0. The van der Waals surface area contributed by atoms with E-state index in [-0.39, 0.29) is 6.04 Å². The van der Waals surface area contributed by atoms with E-state index in [1.54, 1.807) is 0 Å². The first kappa shape index (κ1) is 16.2. The molecule has 0 radical (unpaired) electrons. The number of halogens is 2. The molecule has 0 amide bonds. The zero-order chi connectivity index (χ0) is 15.2. The van der Waals surface area contributed by atoms with Gasteiger partial charge >= 0.3 is 0 Å². The summed E-state index contributed by atoms with van der Waals surface area (Å²) in [5, 5.41) is 1.33. The quantitative estimate of drug-likeness (QED) is 0.840. The molecule has 0 bridgehead atoms. The predicted molar refractivity (Wildman–Crippen MR) is 89.4 cm³/mol. The summed E-state index contributed by atoms with van der Waals surface area (Å²) in [7, 11) is 0. The van der Waals surface area contributed by atoms with E-state index in [1.807, 2.05) is 49.4 Å². The van der Waals surface area contributed by atoms with Crippen molar-refractivity contribution in [3.05, 3.63) is 63.6 Å². The number of aryl methyl sites for hydroxylation is 1. The lowest BCUT2D eigenvalue weighted by Gasteiger charge is -2.14. The minimum Gasteiger partial charge on any atom is -0.494 e. The first-order valence-corrected chi connectivity index (χ1v) is 7.70. The minimum absolute atomic E-state index is 0.0350. The van der Waals surface area contributed by atoms with Gasteiger partial charge < -0.3 is 10.5 Å². The highest BCUT2D eigenvalue weighted by molar-refractivity contribution is 6.35. The Morgan fingerprint density at radius 3 is 2.43 bits per heavy atom. The topological polar surface area (TPSA) is 35.2 Å². The lowest BCUT2D eigenvalue weighted by molar-refractivity contribution is 0.297. The van der Waals surface area contributed by atoms with E-state index in [2.05, 4.69) is 0 Å². The van der Waals surface area contributed by atoms with Crippen LogP contribution < -0.4 is 10.5 Å². The van der Waals surface area contributed by atoms with E-state index in [4.69, 9.17) is 33.7 Å². The SMILES string of the molecule is Cc1cccc(OCCC(N)Cc2c(Cl)cccc2Cl)c1. The van der Waals surface area contributed by atoms with Crippen LogP contribution in [0.3, 0.4) is 0 Å². The van der Waals surface area contributed by atoms with Crippen LogP contribution in [0.1, 0.15) is 17.5 Å². The molecule has 2 nitrogen and oxygen atoms in total. The first-order chi connectivity index (χ1) is 10.1. The summed E-state index contributed by atoms with van der Waals surface area (Å²) in [6, 6.07) is 13.4. The van der Waals surface area contributed by atoms with Crippen LogP contribution in [0.2, 0.25) is 10.0 Å². The number of hydrogen-bond donors (Lipinski definition) is 1. The van der Waals surface area contributed by atoms with Crippen LogP contribution in [0.4, 0.5) is 0 Å². The van der Waals surface area contributed by atoms with Gasteiger partial charge in [-0.25, -0.2) is 0 Å². The Hall–Kier alpha value is -1.22. The Labute approximate surface area is 135 Å². The van der Waals surface area contributed by atoms with Crippen molar-refractivity contribution >= 4 is 23.2 Å². The highest BCUT2D eigenvalue weighted by atomic mass is 35.5. The fraction of sp³-hybridized carbons (Fsp3) is 0.294. The van der Waals surface area contributed by atoms with E-state index >= 15 is 0 Å². The van der Waals surface area contributed by atoms with Crippen molar-refractivity contribution in [2.45, 2.75) is 25.8 Å². The predicted octanol–water partition coefficient (Wildman–Crippen LogP) is 4.64. The lowest BCUT2D eigenvalue weighted by Crippen LogP contribution is -2.25. The zero-order valence-electron chi connectivity index (χ0n) is 12.0. The van der Waals surface area contributed by atoms with Gasteiger partial charge in [0, 0.05) is 16.1 Å². The summed E-state index contributed by atoms with van der Waals surface area (Å²) in [5.74, 6) is 0.873. The molecule has 2 N–H and O–H groups in total. The van der Waals surface area contributed by atoms with Gasteiger partial charge in [-0.15, -0.1) is 0 Å². The van der Waals surface area contributed by atoms with Crippen molar-refractivity contribution in [1.82, 2.24) is 0 Å². The fourth-order valence-corrected chi connectivity index (χ4v) is 2.68. The number of benzene rings is 2. The van der Waals surface area contributed by atoms with Gasteiger partial charge in [-0.05, 0) is 55.2 Å². The molecule has 0 fully saturated rings. The highest BCUT2D eigenvalue weighted by Gasteiger charge is 2.11. The standard InChI is InChI=1S/C17H19Cl2NO/c1-12-4-2-5-14(10-12)21-9-8-13(20)11-15-16(18)6-3-7-17(15)19/h2-7,10,13H,8-9,11,20H2,1H3.